The highest BCUT2D eigenvalue weighted by Crippen LogP contribution is 2.22. The van der Waals surface area contributed by atoms with Gasteiger partial charge in [-0.05, 0) is 30.2 Å². The van der Waals surface area contributed by atoms with Gasteiger partial charge in [0.15, 0.2) is 9.84 Å². The summed E-state index contributed by atoms with van der Waals surface area (Å²) in [5, 5.41) is 0. The van der Waals surface area contributed by atoms with Gasteiger partial charge in [0.2, 0.25) is 10.0 Å². The third-order valence-corrected chi connectivity index (χ3v) is 7.20. The zero-order valence-corrected chi connectivity index (χ0v) is 13.4. The van der Waals surface area contributed by atoms with E-state index in [1.807, 2.05) is 6.92 Å². The van der Waals surface area contributed by atoms with Crippen molar-refractivity contribution in [1.82, 2.24) is 4.31 Å². The number of aryl methyl sites for hydroxylation is 1. The molecule has 1 aromatic rings. The van der Waals surface area contributed by atoms with Crippen molar-refractivity contribution >= 4 is 31.5 Å². The fraction of sp³-hybridized carbons (Fsp3) is 0.500. The molecule has 1 aliphatic heterocycles. The fourth-order valence-electron chi connectivity index (χ4n) is 2.04. The summed E-state index contributed by atoms with van der Waals surface area (Å²) in [6.45, 7) is 1.88. The zero-order valence-electron chi connectivity index (χ0n) is 11.0. The maximum Gasteiger partial charge on any atom is 0.243 e. The molecule has 0 amide bonds. The van der Waals surface area contributed by atoms with Gasteiger partial charge in [-0.1, -0.05) is 6.07 Å². The number of nitrogens with zero attached hydrogens (tertiary/aromatic N) is 1. The molecule has 1 saturated heterocycles. The van der Waals surface area contributed by atoms with E-state index in [9.17, 15) is 16.8 Å². The second-order valence-corrected chi connectivity index (χ2v) is 9.29. The van der Waals surface area contributed by atoms with Crippen molar-refractivity contribution in [2.75, 3.05) is 24.6 Å². The molecule has 0 bridgehead atoms. The van der Waals surface area contributed by atoms with Crippen LogP contribution in [-0.4, -0.2) is 45.7 Å². The highest BCUT2D eigenvalue weighted by Gasteiger charge is 2.31. The average molecular weight is 338 g/mol. The molecule has 8 heteroatoms. The van der Waals surface area contributed by atoms with Crippen molar-refractivity contribution in [3.8, 4) is 0 Å². The van der Waals surface area contributed by atoms with Gasteiger partial charge in [-0.3, -0.25) is 0 Å². The maximum atomic E-state index is 12.5. The summed E-state index contributed by atoms with van der Waals surface area (Å²) in [5.74, 6) is -0.00944. The summed E-state index contributed by atoms with van der Waals surface area (Å²) < 4.78 is 48.9. The van der Waals surface area contributed by atoms with E-state index in [0.717, 1.165) is 11.1 Å². The molecule has 0 aliphatic carbocycles. The van der Waals surface area contributed by atoms with Crippen LogP contribution in [0.2, 0.25) is 0 Å². The third-order valence-electron chi connectivity index (χ3n) is 3.41. The van der Waals surface area contributed by atoms with E-state index >= 15 is 0 Å². The molecule has 0 aromatic heterocycles. The molecule has 0 unspecified atom stereocenters. The monoisotopic (exact) mass is 337 g/mol. The lowest BCUT2D eigenvalue weighted by Crippen LogP contribution is -2.43. The summed E-state index contributed by atoms with van der Waals surface area (Å²) in [7, 11) is -6.76. The topological polar surface area (TPSA) is 71.5 Å². The van der Waals surface area contributed by atoms with Crippen molar-refractivity contribution in [1.29, 1.82) is 0 Å². The first-order valence-corrected chi connectivity index (χ1v) is 9.92. The molecular formula is C12H16ClNO4S2. The van der Waals surface area contributed by atoms with E-state index < -0.39 is 19.9 Å². The summed E-state index contributed by atoms with van der Waals surface area (Å²) in [6.07, 6.45) is 0. The summed E-state index contributed by atoms with van der Waals surface area (Å²) >= 11 is 5.79. The first-order chi connectivity index (χ1) is 9.26. The molecule has 0 saturated carbocycles. The van der Waals surface area contributed by atoms with Crippen LogP contribution in [0, 0.1) is 6.92 Å². The van der Waals surface area contributed by atoms with Gasteiger partial charge in [0.1, 0.15) is 0 Å². The number of hydrogen-bond donors (Lipinski definition) is 0. The Morgan fingerprint density at radius 2 is 1.85 bits per heavy atom. The number of hydrogen-bond acceptors (Lipinski definition) is 4. The average Bonchev–Trinajstić information content (AvgIpc) is 2.38. The van der Waals surface area contributed by atoms with E-state index in [0.29, 0.717) is 0 Å². The van der Waals surface area contributed by atoms with Crippen LogP contribution < -0.4 is 0 Å². The lowest BCUT2D eigenvalue weighted by atomic mass is 10.1. The van der Waals surface area contributed by atoms with Gasteiger partial charge < -0.3 is 0 Å². The van der Waals surface area contributed by atoms with Gasteiger partial charge in [-0.25, -0.2) is 16.8 Å². The van der Waals surface area contributed by atoms with Gasteiger partial charge in [0.25, 0.3) is 0 Å². The molecule has 0 radical (unpaired) electrons. The largest absolute Gasteiger partial charge is 0.243 e. The first-order valence-electron chi connectivity index (χ1n) is 6.12. The van der Waals surface area contributed by atoms with E-state index in [-0.39, 0.29) is 35.4 Å². The Labute approximate surface area is 124 Å². The molecule has 20 heavy (non-hydrogen) atoms. The van der Waals surface area contributed by atoms with Crippen molar-refractivity contribution in [2.45, 2.75) is 17.7 Å². The van der Waals surface area contributed by atoms with E-state index in [1.54, 1.807) is 12.1 Å². The Kier molecular flexibility index (Phi) is 4.44. The minimum Gasteiger partial charge on any atom is -0.229 e. The second kappa shape index (κ2) is 5.63. The number of rotatable bonds is 3. The molecule has 0 N–H and O–H groups in total. The molecule has 1 fully saturated rings. The number of sulfonamides is 1. The first kappa shape index (κ1) is 15.8. The van der Waals surface area contributed by atoms with E-state index in [2.05, 4.69) is 0 Å². The lowest BCUT2D eigenvalue weighted by molar-refractivity contribution is 0.430. The molecule has 1 aliphatic rings. The highest BCUT2D eigenvalue weighted by molar-refractivity contribution is 7.92. The van der Waals surface area contributed by atoms with Crippen LogP contribution in [0.25, 0.3) is 0 Å². The molecule has 2 rings (SSSR count). The maximum absolute atomic E-state index is 12.5. The third kappa shape index (κ3) is 3.16. The van der Waals surface area contributed by atoms with Crippen LogP contribution in [0.3, 0.4) is 0 Å². The van der Waals surface area contributed by atoms with Crippen LogP contribution >= 0.6 is 11.6 Å². The molecule has 112 valence electrons. The molecule has 0 atom stereocenters. The lowest BCUT2D eigenvalue weighted by Gasteiger charge is -2.26. The predicted molar refractivity (Wildman–Crippen MR) is 78.1 cm³/mol. The van der Waals surface area contributed by atoms with Crippen molar-refractivity contribution in [2.24, 2.45) is 0 Å². The van der Waals surface area contributed by atoms with Gasteiger partial charge in [0.05, 0.1) is 16.4 Å². The highest BCUT2D eigenvalue weighted by atomic mass is 35.5. The Balaban J connectivity index is 2.32. The van der Waals surface area contributed by atoms with Crippen molar-refractivity contribution < 1.29 is 16.8 Å². The SMILES string of the molecule is Cc1ccc(S(=O)(=O)N2CCS(=O)(=O)CC2)cc1CCl. The number of benzene rings is 1. The standard InChI is InChI=1S/C12H16ClNO4S2/c1-10-2-3-12(8-11(10)9-13)20(17,18)14-4-6-19(15,16)7-5-14/h2-3,8H,4-7,9H2,1H3. The fourth-order valence-corrected chi connectivity index (χ4v) is 5.25. The van der Waals surface area contributed by atoms with Crippen LogP contribution in [0.15, 0.2) is 23.1 Å². The molecular weight excluding hydrogens is 322 g/mol. The van der Waals surface area contributed by atoms with Crippen LogP contribution in [-0.2, 0) is 25.7 Å². The van der Waals surface area contributed by atoms with Gasteiger partial charge in [-0.2, -0.15) is 4.31 Å². The molecule has 1 aromatic carbocycles. The molecule has 1 heterocycles. The summed E-state index contributed by atoms with van der Waals surface area (Å²) in [5.41, 5.74) is 1.69. The van der Waals surface area contributed by atoms with Gasteiger partial charge >= 0.3 is 0 Å². The summed E-state index contributed by atoms with van der Waals surface area (Å²) in [6, 6.07) is 4.80. The van der Waals surface area contributed by atoms with Crippen molar-refractivity contribution in [3.05, 3.63) is 29.3 Å². The van der Waals surface area contributed by atoms with Crippen LogP contribution in [0.4, 0.5) is 0 Å². The number of halogens is 1. The Bertz CT molecular complexity index is 699. The summed E-state index contributed by atoms with van der Waals surface area (Å²) in [4.78, 5) is 0.165. The minimum absolute atomic E-state index is 0.00868. The minimum atomic E-state index is -3.65. The van der Waals surface area contributed by atoms with Crippen molar-refractivity contribution in [3.63, 3.8) is 0 Å². The smallest absolute Gasteiger partial charge is 0.229 e. The predicted octanol–water partition coefficient (Wildman–Crippen LogP) is 1.15. The molecule has 5 nitrogen and oxygen atoms in total. The Hall–Kier alpha value is -0.630. The van der Waals surface area contributed by atoms with E-state index in [4.69, 9.17) is 11.6 Å². The quantitative estimate of drug-likeness (QED) is 0.776. The van der Waals surface area contributed by atoms with E-state index in [1.165, 1.54) is 10.4 Å². The second-order valence-electron chi connectivity index (χ2n) is 4.78. The van der Waals surface area contributed by atoms with Gasteiger partial charge in [-0.15, -0.1) is 11.6 Å². The number of sulfone groups is 1. The van der Waals surface area contributed by atoms with Crippen LogP contribution in [0.5, 0.6) is 0 Å². The molecule has 0 spiro atoms. The Morgan fingerprint density at radius 1 is 1.25 bits per heavy atom. The number of alkyl halides is 1. The van der Waals surface area contributed by atoms with Crippen LogP contribution in [0.1, 0.15) is 11.1 Å². The van der Waals surface area contributed by atoms with Gasteiger partial charge in [0, 0.05) is 19.0 Å². The Morgan fingerprint density at radius 3 is 2.40 bits per heavy atom. The normalized spacial score (nSPS) is 19.9. The zero-order chi connectivity index (χ0) is 15.0.